The number of aliphatic carboxylic acids is 1. The smallest absolute Gasteiger partial charge is 0.325 e. The number of carboxylic acids is 1. The SMILES string of the molecule is CC(NC(=O)C(CO)NC(=O)C(CO)NC(=O)C(N)CC(N)=O)C(=O)O. The molecule has 0 aromatic carbocycles. The summed E-state index contributed by atoms with van der Waals surface area (Å²) < 4.78 is 0. The molecule has 148 valence electrons. The number of hydrogen-bond acceptors (Lipinski definition) is 8. The van der Waals surface area contributed by atoms with E-state index in [0.29, 0.717) is 0 Å². The molecule has 0 aliphatic rings. The van der Waals surface area contributed by atoms with Crippen molar-refractivity contribution in [1.29, 1.82) is 0 Å². The van der Waals surface area contributed by atoms with Crippen LogP contribution in [0.2, 0.25) is 0 Å². The van der Waals surface area contributed by atoms with Gasteiger partial charge in [0.2, 0.25) is 23.6 Å². The molecule has 26 heavy (non-hydrogen) atoms. The van der Waals surface area contributed by atoms with E-state index in [1.165, 1.54) is 6.92 Å². The quantitative estimate of drug-likeness (QED) is 0.171. The number of nitrogens with two attached hydrogens (primary N) is 2. The molecule has 4 atom stereocenters. The Hall–Kier alpha value is -2.77. The molecule has 0 fully saturated rings. The van der Waals surface area contributed by atoms with Crippen molar-refractivity contribution in [3.05, 3.63) is 0 Å². The van der Waals surface area contributed by atoms with E-state index < -0.39 is 73.4 Å². The Bertz CT molecular complexity index is 555. The molecular formula is C13H23N5O8. The fraction of sp³-hybridized carbons (Fsp3) is 0.615. The van der Waals surface area contributed by atoms with Crippen LogP contribution in [0.3, 0.4) is 0 Å². The van der Waals surface area contributed by atoms with Gasteiger partial charge < -0.3 is 42.7 Å². The molecule has 0 aromatic rings. The highest BCUT2D eigenvalue weighted by molar-refractivity contribution is 5.95. The average molecular weight is 377 g/mol. The summed E-state index contributed by atoms with van der Waals surface area (Å²) in [7, 11) is 0. The van der Waals surface area contributed by atoms with Crippen molar-refractivity contribution in [2.45, 2.75) is 37.5 Å². The van der Waals surface area contributed by atoms with Gasteiger partial charge in [-0.2, -0.15) is 0 Å². The van der Waals surface area contributed by atoms with Gasteiger partial charge in [0.25, 0.3) is 0 Å². The number of primary amides is 1. The molecule has 0 bridgehead atoms. The highest BCUT2D eigenvalue weighted by Gasteiger charge is 2.28. The number of hydrogen-bond donors (Lipinski definition) is 8. The van der Waals surface area contributed by atoms with Gasteiger partial charge in [0.1, 0.15) is 18.1 Å². The lowest BCUT2D eigenvalue weighted by atomic mass is 10.1. The van der Waals surface area contributed by atoms with Gasteiger partial charge in [-0.15, -0.1) is 0 Å². The van der Waals surface area contributed by atoms with Gasteiger partial charge in [-0.3, -0.25) is 24.0 Å². The maximum Gasteiger partial charge on any atom is 0.325 e. The first kappa shape index (κ1) is 23.2. The second kappa shape index (κ2) is 11.0. The minimum absolute atomic E-state index is 0.486. The lowest BCUT2D eigenvalue weighted by Crippen LogP contribution is -2.58. The van der Waals surface area contributed by atoms with Crippen LogP contribution in [0.5, 0.6) is 0 Å². The summed E-state index contributed by atoms with van der Waals surface area (Å²) in [6.45, 7) is -0.559. The van der Waals surface area contributed by atoms with Crippen molar-refractivity contribution >= 4 is 29.6 Å². The molecule has 0 rings (SSSR count). The van der Waals surface area contributed by atoms with Crippen LogP contribution >= 0.6 is 0 Å². The molecule has 0 saturated carbocycles. The van der Waals surface area contributed by atoms with Gasteiger partial charge in [0, 0.05) is 0 Å². The molecule has 0 aliphatic carbocycles. The maximum atomic E-state index is 12.0. The zero-order valence-corrected chi connectivity index (χ0v) is 14.0. The van der Waals surface area contributed by atoms with E-state index in [-0.39, 0.29) is 0 Å². The average Bonchev–Trinajstić information content (AvgIpc) is 2.55. The number of carbonyl (C=O) groups excluding carboxylic acids is 4. The summed E-state index contributed by atoms with van der Waals surface area (Å²) in [5.41, 5.74) is 10.3. The Balaban J connectivity index is 4.84. The van der Waals surface area contributed by atoms with Crippen molar-refractivity contribution < 1.29 is 39.3 Å². The molecular weight excluding hydrogens is 354 g/mol. The molecule has 0 spiro atoms. The molecule has 4 unspecified atom stereocenters. The fourth-order valence-corrected chi connectivity index (χ4v) is 1.62. The molecule has 0 aliphatic heterocycles. The highest BCUT2D eigenvalue weighted by atomic mass is 16.4. The molecule has 13 heteroatoms. The third-order valence-electron chi connectivity index (χ3n) is 3.12. The van der Waals surface area contributed by atoms with Crippen molar-refractivity contribution in [1.82, 2.24) is 16.0 Å². The van der Waals surface area contributed by atoms with E-state index in [0.717, 1.165) is 0 Å². The minimum atomic E-state index is -1.53. The lowest BCUT2D eigenvalue weighted by molar-refractivity contribution is -0.142. The Labute approximate surface area is 148 Å². The number of nitrogens with one attached hydrogen (secondary N) is 3. The normalized spacial score (nSPS) is 15.1. The van der Waals surface area contributed by atoms with E-state index in [4.69, 9.17) is 16.6 Å². The molecule has 0 saturated heterocycles. The van der Waals surface area contributed by atoms with E-state index in [9.17, 15) is 34.2 Å². The largest absolute Gasteiger partial charge is 0.480 e. The summed E-state index contributed by atoms with van der Waals surface area (Å²) in [6, 6.07) is -5.66. The highest BCUT2D eigenvalue weighted by Crippen LogP contribution is 1.94. The van der Waals surface area contributed by atoms with E-state index in [1.807, 2.05) is 10.6 Å². The van der Waals surface area contributed by atoms with Crippen LogP contribution in [-0.4, -0.2) is 82.3 Å². The third kappa shape index (κ3) is 7.87. The van der Waals surface area contributed by atoms with E-state index in [1.54, 1.807) is 0 Å². The molecule has 13 nitrogen and oxygen atoms in total. The van der Waals surface area contributed by atoms with Crippen LogP contribution in [0.25, 0.3) is 0 Å². The summed E-state index contributed by atoms with van der Waals surface area (Å²) >= 11 is 0. The molecule has 0 radical (unpaired) electrons. The number of aliphatic hydroxyl groups excluding tert-OH is 2. The first-order valence-electron chi connectivity index (χ1n) is 7.43. The van der Waals surface area contributed by atoms with Crippen LogP contribution in [0.15, 0.2) is 0 Å². The second-order valence-corrected chi connectivity index (χ2v) is 5.33. The predicted octanol–water partition coefficient (Wildman–Crippen LogP) is -5.27. The van der Waals surface area contributed by atoms with Gasteiger partial charge in [-0.05, 0) is 6.92 Å². The fourth-order valence-electron chi connectivity index (χ4n) is 1.62. The monoisotopic (exact) mass is 377 g/mol. The minimum Gasteiger partial charge on any atom is -0.480 e. The molecule has 4 amide bonds. The lowest BCUT2D eigenvalue weighted by Gasteiger charge is -2.22. The first-order chi connectivity index (χ1) is 12.0. The van der Waals surface area contributed by atoms with Gasteiger partial charge in [-0.25, -0.2) is 0 Å². The van der Waals surface area contributed by atoms with Crippen LogP contribution in [0.1, 0.15) is 13.3 Å². The Morgan fingerprint density at radius 2 is 1.31 bits per heavy atom. The van der Waals surface area contributed by atoms with Crippen LogP contribution in [0, 0.1) is 0 Å². The molecule has 10 N–H and O–H groups in total. The van der Waals surface area contributed by atoms with E-state index in [2.05, 4.69) is 5.32 Å². The summed E-state index contributed by atoms with van der Waals surface area (Å²) in [5.74, 6) is -5.14. The van der Waals surface area contributed by atoms with Crippen LogP contribution < -0.4 is 27.4 Å². The number of carbonyl (C=O) groups is 5. The Kier molecular flexibility index (Phi) is 9.80. The van der Waals surface area contributed by atoms with Gasteiger partial charge in [-0.1, -0.05) is 0 Å². The van der Waals surface area contributed by atoms with Crippen molar-refractivity contribution in [3.63, 3.8) is 0 Å². The number of carboxylic acid groups (broad SMARTS) is 1. The second-order valence-electron chi connectivity index (χ2n) is 5.33. The number of aliphatic hydroxyl groups is 2. The summed E-state index contributed by atoms with van der Waals surface area (Å²) in [4.78, 5) is 57.0. The van der Waals surface area contributed by atoms with Crippen molar-refractivity contribution in [2.24, 2.45) is 11.5 Å². The zero-order chi connectivity index (χ0) is 20.4. The van der Waals surface area contributed by atoms with Gasteiger partial charge in [0.15, 0.2) is 0 Å². The van der Waals surface area contributed by atoms with Crippen molar-refractivity contribution in [2.75, 3.05) is 13.2 Å². The zero-order valence-electron chi connectivity index (χ0n) is 14.0. The Morgan fingerprint density at radius 1 is 0.885 bits per heavy atom. The van der Waals surface area contributed by atoms with Gasteiger partial charge in [0.05, 0.1) is 25.7 Å². The molecule has 0 aromatic heterocycles. The first-order valence-corrected chi connectivity index (χ1v) is 7.43. The third-order valence-corrected chi connectivity index (χ3v) is 3.12. The Morgan fingerprint density at radius 3 is 1.69 bits per heavy atom. The van der Waals surface area contributed by atoms with Crippen molar-refractivity contribution in [3.8, 4) is 0 Å². The molecule has 0 heterocycles. The van der Waals surface area contributed by atoms with E-state index >= 15 is 0 Å². The topological polar surface area (TPSA) is 234 Å². The van der Waals surface area contributed by atoms with Gasteiger partial charge >= 0.3 is 5.97 Å². The van der Waals surface area contributed by atoms with Crippen LogP contribution in [-0.2, 0) is 24.0 Å². The number of rotatable bonds is 11. The predicted molar refractivity (Wildman–Crippen MR) is 85.1 cm³/mol. The summed E-state index contributed by atoms with van der Waals surface area (Å²) in [6.07, 6.45) is -0.486. The summed E-state index contributed by atoms with van der Waals surface area (Å²) in [5, 5.41) is 33.2. The standard InChI is InChI=1S/C13H23N5O8/c1-5(13(25)26)16-11(23)7(3-19)18-12(24)8(4-20)17-10(22)6(14)2-9(15)21/h5-8,19-20H,2-4,14H2,1H3,(H2,15,21)(H,16,23)(H,17,22)(H,18,24)(H,25,26). The van der Waals surface area contributed by atoms with Crippen LogP contribution in [0.4, 0.5) is 0 Å². The number of amides is 4. The maximum absolute atomic E-state index is 12.0.